The number of aryl methyl sites for hydroxylation is 1. The summed E-state index contributed by atoms with van der Waals surface area (Å²) in [6.45, 7) is 2.21. The largest absolute Gasteiger partial charge is 0.478 e. The molecule has 0 saturated heterocycles. The highest BCUT2D eigenvalue weighted by molar-refractivity contribution is 5.92. The summed E-state index contributed by atoms with van der Waals surface area (Å²) >= 11 is 0. The van der Waals surface area contributed by atoms with E-state index in [0.717, 1.165) is 16.9 Å². The Morgan fingerprint density at radius 3 is 2.82 bits per heavy atom. The molecule has 1 aliphatic rings. The van der Waals surface area contributed by atoms with E-state index in [0.29, 0.717) is 17.4 Å². The van der Waals surface area contributed by atoms with Crippen LogP contribution < -0.4 is 0 Å². The van der Waals surface area contributed by atoms with E-state index in [2.05, 4.69) is 16.5 Å². The van der Waals surface area contributed by atoms with Crippen LogP contribution in [-0.2, 0) is 7.05 Å². The molecular formula is C13H14N2O2. The van der Waals surface area contributed by atoms with Crippen molar-refractivity contribution in [3.63, 3.8) is 0 Å². The van der Waals surface area contributed by atoms with Crippen LogP contribution in [0.15, 0.2) is 18.2 Å². The molecule has 4 heteroatoms. The van der Waals surface area contributed by atoms with Crippen LogP contribution in [0.2, 0.25) is 0 Å². The normalized spacial score (nSPS) is 22.9. The molecule has 0 spiro atoms. The molecule has 0 aliphatic heterocycles. The molecular weight excluding hydrogens is 216 g/mol. The Kier molecular flexibility index (Phi) is 2.02. The minimum atomic E-state index is -0.904. The molecule has 88 valence electrons. The molecule has 0 bridgehead atoms. The van der Waals surface area contributed by atoms with E-state index in [9.17, 15) is 4.79 Å². The first-order valence-corrected chi connectivity index (χ1v) is 5.77. The molecule has 1 saturated carbocycles. The third-order valence-corrected chi connectivity index (χ3v) is 3.60. The van der Waals surface area contributed by atoms with Crippen molar-refractivity contribution in [2.75, 3.05) is 0 Å². The molecule has 4 nitrogen and oxygen atoms in total. The highest BCUT2D eigenvalue weighted by Gasteiger charge is 2.37. The fourth-order valence-corrected chi connectivity index (χ4v) is 2.36. The average molecular weight is 230 g/mol. The summed E-state index contributed by atoms with van der Waals surface area (Å²) in [4.78, 5) is 15.5. The Labute approximate surface area is 98.9 Å². The minimum Gasteiger partial charge on any atom is -0.478 e. The molecule has 1 aromatic carbocycles. The van der Waals surface area contributed by atoms with Gasteiger partial charge in [-0.1, -0.05) is 6.92 Å². The summed E-state index contributed by atoms with van der Waals surface area (Å²) in [6, 6.07) is 5.11. The van der Waals surface area contributed by atoms with Crippen molar-refractivity contribution in [2.45, 2.75) is 19.3 Å². The lowest BCUT2D eigenvalue weighted by atomic mass is 10.2. The standard InChI is InChI=1S/C13H14N2O2/c1-7-5-9(7)12-14-10-6-8(13(16)17)3-4-11(10)15(12)2/h3-4,6-7,9H,5H2,1-2H3,(H,16,17). The Balaban J connectivity index is 2.15. The maximum Gasteiger partial charge on any atom is 0.335 e. The summed E-state index contributed by atoms with van der Waals surface area (Å²) in [7, 11) is 2.00. The second kappa shape index (κ2) is 3.32. The highest BCUT2D eigenvalue weighted by atomic mass is 16.4. The number of imidazole rings is 1. The van der Waals surface area contributed by atoms with E-state index in [1.165, 1.54) is 6.42 Å². The number of aromatic carboxylic acids is 1. The fraction of sp³-hybridized carbons (Fsp3) is 0.385. The van der Waals surface area contributed by atoms with Crippen LogP contribution in [0.5, 0.6) is 0 Å². The van der Waals surface area contributed by atoms with Crippen molar-refractivity contribution in [3.8, 4) is 0 Å². The molecule has 2 aromatic rings. The van der Waals surface area contributed by atoms with Crippen LogP contribution in [0.4, 0.5) is 0 Å². The van der Waals surface area contributed by atoms with Gasteiger partial charge in [-0.05, 0) is 30.5 Å². The van der Waals surface area contributed by atoms with Crippen molar-refractivity contribution in [1.82, 2.24) is 9.55 Å². The first-order chi connectivity index (χ1) is 8.08. The van der Waals surface area contributed by atoms with Crippen LogP contribution in [0.3, 0.4) is 0 Å². The van der Waals surface area contributed by atoms with E-state index in [-0.39, 0.29) is 0 Å². The maximum atomic E-state index is 10.9. The zero-order valence-corrected chi connectivity index (χ0v) is 9.84. The lowest BCUT2D eigenvalue weighted by Crippen LogP contribution is -1.97. The van der Waals surface area contributed by atoms with Crippen LogP contribution in [-0.4, -0.2) is 20.6 Å². The highest BCUT2D eigenvalue weighted by Crippen LogP contribution is 2.46. The maximum absolute atomic E-state index is 10.9. The van der Waals surface area contributed by atoms with Crippen LogP contribution >= 0.6 is 0 Å². The number of benzene rings is 1. The number of carboxylic acids is 1. The number of nitrogens with zero attached hydrogens (tertiary/aromatic N) is 2. The SMILES string of the molecule is CC1CC1c1nc2cc(C(=O)O)ccc2n1C. The molecule has 1 aromatic heterocycles. The summed E-state index contributed by atoms with van der Waals surface area (Å²) in [5, 5.41) is 8.95. The molecule has 0 amide bonds. The predicted octanol–water partition coefficient (Wildman–Crippen LogP) is 2.39. The monoisotopic (exact) mass is 230 g/mol. The lowest BCUT2D eigenvalue weighted by Gasteiger charge is -2.00. The average Bonchev–Trinajstić information content (AvgIpc) is 2.92. The number of hydrogen-bond donors (Lipinski definition) is 1. The van der Waals surface area contributed by atoms with Crippen molar-refractivity contribution in [2.24, 2.45) is 13.0 Å². The summed E-state index contributed by atoms with van der Waals surface area (Å²) in [5.74, 6) is 1.42. The van der Waals surface area contributed by atoms with Crippen molar-refractivity contribution in [1.29, 1.82) is 0 Å². The van der Waals surface area contributed by atoms with Crippen molar-refractivity contribution >= 4 is 17.0 Å². The number of carboxylic acid groups (broad SMARTS) is 1. The van der Waals surface area contributed by atoms with Gasteiger partial charge in [0.25, 0.3) is 0 Å². The molecule has 2 unspecified atom stereocenters. The Morgan fingerprint density at radius 2 is 2.24 bits per heavy atom. The number of rotatable bonds is 2. The molecule has 1 fully saturated rings. The fourth-order valence-electron chi connectivity index (χ4n) is 2.36. The van der Waals surface area contributed by atoms with E-state index in [4.69, 9.17) is 5.11 Å². The summed E-state index contributed by atoms with van der Waals surface area (Å²) in [5.41, 5.74) is 2.08. The first-order valence-electron chi connectivity index (χ1n) is 5.77. The van der Waals surface area contributed by atoms with Gasteiger partial charge in [0, 0.05) is 13.0 Å². The van der Waals surface area contributed by atoms with Gasteiger partial charge >= 0.3 is 5.97 Å². The number of fused-ring (bicyclic) bond motifs is 1. The van der Waals surface area contributed by atoms with Crippen molar-refractivity contribution < 1.29 is 9.90 Å². The van der Waals surface area contributed by atoms with Crippen molar-refractivity contribution in [3.05, 3.63) is 29.6 Å². The van der Waals surface area contributed by atoms with Gasteiger partial charge in [-0.15, -0.1) is 0 Å². The molecule has 1 N–H and O–H groups in total. The summed E-state index contributed by atoms with van der Waals surface area (Å²) in [6.07, 6.45) is 1.18. The van der Waals surface area contributed by atoms with E-state index < -0.39 is 5.97 Å². The van der Waals surface area contributed by atoms with E-state index >= 15 is 0 Å². The number of aromatic nitrogens is 2. The van der Waals surface area contributed by atoms with Gasteiger partial charge in [0.15, 0.2) is 0 Å². The zero-order valence-electron chi connectivity index (χ0n) is 9.84. The Morgan fingerprint density at radius 1 is 1.53 bits per heavy atom. The lowest BCUT2D eigenvalue weighted by molar-refractivity contribution is 0.0697. The molecule has 17 heavy (non-hydrogen) atoms. The van der Waals surface area contributed by atoms with Gasteiger partial charge in [0.1, 0.15) is 5.82 Å². The van der Waals surface area contributed by atoms with Gasteiger partial charge in [-0.2, -0.15) is 0 Å². The predicted molar refractivity (Wildman–Crippen MR) is 64.2 cm³/mol. The Bertz CT molecular complexity index is 615. The van der Waals surface area contributed by atoms with Gasteiger partial charge in [0.05, 0.1) is 16.6 Å². The van der Waals surface area contributed by atoms with Gasteiger partial charge < -0.3 is 9.67 Å². The third kappa shape index (κ3) is 1.52. The first kappa shape index (κ1) is 10.3. The molecule has 2 atom stereocenters. The zero-order chi connectivity index (χ0) is 12.2. The van der Waals surface area contributed by atoms with Crippen LogP contribution in [0, 0.1) is 5.92 Å². The quantitative estimate of drug-likeness (QED) is 0.861. The minimum absolute atomic E-state index is 0.297. The smallest absolute Gasteiger partial charge is 0.335 e. The van der Waals surface area contributed by atoms with E-state index in [1.807, 2.05) is 13.1 Å². The topological polar surface area (TPSA) is 55.1 Å². The van der Waals surface area contributed by atoms with E-state index in [1.54, 1.807) is 12.1 Å². The van der Waals surface area contributed by atoms with Gasteiger partial charge in [0.2, 0.25) is 0 Å². The summed E-state index contributed by atoms with van der Waals surface area (Å²) < 4.78 is 2.08. The van der Waals surface area contributed by atoms with Crippen LogP contribution in [0.1, 0.15) is 35.4 Å². The van der Waals surface area contributed by atoms with Crippen LogP contribution in [0.25, 0.3) is 11.0 Å². The third-order valence-electron chi connectivity index (χ3n) is 3.60. The molecule has 1 aliphatic carbocycles. The van der Waals surface area contributed by atoms with Gasteiger partial charge in [-0.25, -0.2) is 9.78 Å². The number of carbonyl (C=O) groups is 1. The second-order valence-corrected chi connectivity index (χ2v) is 4.86. The second-order valence-electron chi connectivity index (χ2n) is 4.86. The molecule has 3 rings (SSSR count). The Hall–Kier alpha value is -1.84. The number of hydrogen-bond acceptors (Lipinski definition) is 2. The molecule has 1 heterocycles. The van der Waals surface area contributed by atoms with Gasteiger partial charge in [-0.3, -0.25) is 0 Å². The molecule has 0 radical (unpaired) electrons.